The Bertz CT molecular complexity index is 996. The maximum Gasteiger partial charge on any atom is 0.416 e. The predicted molar refractivity (Wildman–Crippen MR) is 121 cm³/mol. The molecule has 0 aliphatic carbocycles. The molecule has 0 amide bonds. The first kappa shape index (κ1) is 28.8. The van der Waals surface area contributed by atoms with Gasteiger partial charge in [0.2, 0.25) is 0 Å². The van der Waals surface area contributed by atoms with Gasteiger partial charge in [-0.25, -0.2) is 0 Å². The highest BCUT2D eigenvalue weighted by atomic mass is 31.1. The van der Waals surface area contributed by atoms with Crippen molar-refractivity contribution in [2.45, 2.75) is 72.2 Å². The Morgan fingerprint density at radius 1 is 0.743 bits per heavy atom. The molecule has 0 saturated heterocycles. The normalized spacial score (nSPS) is 13.1. The molecule has 0 saturated carbocycles. The van der Waals surface area contributed by atoms with Gasteiger partial charge in [-0.3, -0.25) is 0 Å². The minimum Gasteiger partial charge on any atom is -0.823 e. The fourth-order valence-electron chi connectivity index (χ4n) is 3.11. The van der Waals surface area contributed by atoms with E-state index in [1.54, 1.807) is 41.5 Å². The summed E-state index contributed by atoms with van der Waals surface area (Å²) in [6, 6.07) is 4.40. The van der Waals surface area contributed by atoms with Gasteiger partial charge in [-0.05, 0) is 59.2 Å². The average molecular weight is 523 g/mol. The maximum atomic E-state index is 13.6. The number of ether oxygens (including phenoxy) is 3. The first-order chi connectivity index (χ1) is 16.0. The minimum atomic E-state index is -5.18. The first-order valence-corrected chi connectivity index (χ1v) is 11.6. The van der Waals surface area contributed by atoms with Gasteiger partial charge in [-0.2, -0.15) is 26.3 Å². The molecule has 0 aromatic heterocycles. The van der Waals surface area contributed by atoms with Gasteiger partial charge in [0, 0.05) is 12.1 Å². The van der Waals surface area contributed by atoms with E-state index in [1.807, 2.05) is 0 Å². The van der Waals surface area contributed by atoms with Crippen molar-refractivity contribution in [1.29, 1.82) is 0 Å². The second kappa shape index (κ2) is 11.1. The summed E-state index contributed by atoms with van der Waals surface area (Å²) in [5, 5.41) is 13.1. The van der Waals surface area contributed by atoms with Crippen LogP contribution in [0.4, 0.5) is 26.3 Å². The van der Waals surface area contributed by atoms with Gasteiger partial charge >= 0.3 is 12.4 Å². The zero-order valence-electron chi connectivity index (χ0n) is 20.0. The van der Waals surface area contributed by atoms with Gasteiger partial charge < -0.3 is 19.3 Å². The van der Waals surface area contributed by atoms with Gasteiger partial charge in [0.1, 0.15) is 17.2 Å². The van der Waals surface area contributed by atoms with Crippen molar-refractivity contribution in [3.05, 3.63) is 47.0 Å². The SMILES string of the molecule is CC(C)Oc1cc(OC(C)C)c(P=C([O-])c2c(C(F)(F)F)cccc2C(F)(F)F)c(OC(C)C)c1. The van der Waals surface area contributed by atoms with Crippen LogP contribution in [0.15, 0.2) is 30.3 Å². The van der Waals surface area contributed by atoms with E-state index in [2.05, 4.69) is 0 Å². The summed E-state index contributed by atoms with van der Waals surface area (Å²) < 4.78 is 98.8. The van der Waals surface area contributed by atoms with E-state index in [-0.39, 0.29) is 22.9 Å². The standard InChI is InChI=1S/C24H27F6O4P/c1-12(2)32-15-10-18(33-13(3)4)21(19(11-15)34-14(5)6)35-22(31)20-16(23(25,26)27)8-7-9-17(20)24(28,29)30/h7-14,31H,1-6H3/p-1. The number of alkyl halides is 6. The largest absolute Gasteiger partial charge is 0.823 e. The van der Waals surface area contributed by atoms with Crippen LogP contribution in [-0.2, 0) is 12.4 Å². The molecule has 0 bridgehead atoms. The molecule has 2 rings (SSSR count). The summed E-state index contributed by atoms with van der Waals surface area (Å²) in [7, 11) is -0.486. The minimum absolute atomic E-state index is 0.00129. The molecule has 194 valence electrons. The van der Waals surface area contributed by atoms with Crippen LogP contribution in [0.3, 0.4) is 0 Å². The maximum absolute atomic E-state index is 13.6. The molecular weight excluding hydrogens is 497 g/mol. The molecule has 0 aliphatic heterocycles. The van der Waals surface area contributed by atoms with Crippen LogP contribution in [0.25, 0.3) is 0 Å². The van der Waals surface area contributed by atoms with E-state index in [0.717, 1.165) is 0 Å². The second-order valence-electron chi connectivity index (χ2n) is 8.41. The van der Waals surface area contributed by atoms with E-state index in [9.17, 15) is 31.4 Å². The molecule has 0 fully saturated rings. The van der Waals surface area contributed by atoms with E-state index < -0.39 is 54.9 Å². The third-order valence-electron chi connectivity index (χ3n) is 4.21. The highest BCUT2D eigenvalue weighted by Crippen LogP contribution is 2.40. The van der Waals surface area contributed by atoms with Crippen LogP contribution < -0.4 is 24.6 Å². The predicted octanol–water partition coefficient (Wildman–Crippen LogP) is 6.20. The Kier molecular flexibility index (Phi) is 9.11. The summed E-state index contributed by atoms with van der Waals surface area (Å²) >= 11 is 0. The summed E-state index contributed by atoms with van der Waals surface area (Å²) in [5.74, 6) is 0.424. The Morgan fingerprint density at radius 2 is 1.14 bits per heavy atom. The molecule has 2 aromatic carbocycles. The lowest BCUT2D eigenvalue weighted by Gasteiger charge is -2.25. The summed E-state index contributed by atoms with van der Waals surface area (Å²) in [6.07, 6.45) is -11.4. The van der Waals surface area contributed by atoms with Crippen molar-refractivity contribution in [2.75, 3.05) is 0 Å². The van der Waals surface area contributed by atoms with Gasteiger partial charge in [0.15, 0.2) is 0 Å². The number of benzene rings is 2. The van der Waals surface area contributed by atoms with Crippen molar-refractivity contribution in [1.82, 2.24) is 0 Å². The number of rotatable bonds is 8. The van der Waals surface area contributed by atoms with Crippen molar-refractivity contribution in [2.24, 2.45) is 0 Å². The number of hydrogen-bond donors (Lipinski definition) is 0. The third-order valence-corrected chi connectivity index (χ3v) is 5.30. The van der Waals surface area contributed by atoms with Crippen LogP contribution in [-0.4, -0.2) is 23.8 Å². The Labute approximate surface area is 201 Å². The smallest absolute Gasteiger partial charge is 0.416 e. The van der Waals surface area contributed by atoms with Crippen LogP contribution in [0, 0.1) is 0 Å². The summed E-state index contributed by atoms with van der Waals surface area (Å²) in [4.78, 5) is 0. The monoisotopic (exact) mass is 523 g/mol. The van der Waals surface area contributed by atoms with Crippen molar-refractivity contribution >= 4 is 19.0 Å². The number of hydrogen-bond acceptors (Lipinski definition) is 4. The van der Waals surface area contributed by atoms with E-state index >= 15 is 0 Å². The number of halogens is 6. The summed E-state index contributed by atoms with van der Waals surface area (Å²) in [5.41, 5.74) is -6.18. The Morgan fingerprint density at radius 3 is 1.49 bits per heavy atom. The van der Waals surface area contributed by atoms with Crippen molar-refractivity contribution in [3.63, 3.8) is 0 Å². The lowest BCUT2D eigenvalue weighted by Crippen LogP contribution is -2.27. The molecule has 0 atom stereocenters. The van der Waals surface area contributed by atoms with E-state index in [1.165, 1.54) is 12.1 Å². The average Bonchev–Trinajstić information content (AvgIpc) is 2.67. The Balaban J connectivity index is 2.88. The van der Waals surface area contributed by atoms with Crippen LogP contribution in [0.5, 0.6) is 17.2 Å². The van der Waals surface area contributed by atoms with Crippen LogP contribution >= 0.6 is 8.20 Å². The molecule has 11 heteroatoms. The molecule has 0 radical (unpaired) electrons. The Hall–Kier alpha value is -2.45. The third kappa shape index (κ3) is 7.77. The van der Waals surface area contributed by atoms with E-state index in [4.69, 9.17) is 14.2 Å². The quantitative estimate of drug-likeness (QED) is 0.306. The molecule has 35 heavy (non-hydrogen) atoms. The topological polar surface area (TPSA) is 50.8 Å². The molecule has 4 nitrogen and oxygen atoms in total. The highest BCUT2D eigenvalue weighted by molar-refractivity contribution is 7.49. The van der Waals surface area contributed by atoms with Gasteiger partial charge in [-0.1, -0.05) is 14.3 Å². The van der Waals surface area contributed by atoms with Crippen LogP contribution in [0.1, 0.15) is 58.2 Å². The van der Waals surface area contributed by atoms with Crippen LogP contribution in [0.2, 0.25) is 0 Å². The van der Waals surface area contributed by atoms with Gasteiger partial charge in [0.05, 0.1) is 34.7 Å². The zero-order valence-corrected chi connectivity index (χ0v) is 20.9. The highest BCUT2D eigenvalue weighted by Gasteiger charge is 2.40. The van der Waals surface area contributed by atoms with E-state index in [0.29, 0.717) is 23.9 Å². The molecule has 0 unspecified atom stereocenters. The molecule has 2 aromatic rings. The molecular formula is C24H26F6O4P-. The lowest BCUT2D eigenvalue weighted by molar-refractivity contribution is -0.209. The zero-order chi connectivity index (χ0) is 26.7. The molecule has 0 heterocycles. The summed E-state index contributed by atoms with van der Waals surface area (Å²) in [6.45, 7) is 10.3. The van der Waals surface area contributed by atoms with Gasteiger partial charge in [0.25, 0.3) is 0 Å². The molecule has 0 aliphatic rings. The van der Waals surface area contributed by atoms with Crippen molar-refractivity contribution < 1.29 is 45.7 Å². The first-order valence-electron chi connectivity index (χ1n) is 10.7. The van der Waals surface area contributed by atoms with Gasteiger partial charge in [-0.15, -0.1) is 5.48 Å². The van der Waals surface area contributed by atoms with Crippen molar-refractivity contribution in [3.8, 4) is 17.2 Å². The second-order valence-corrected chi connectivity index (χ2v) is 9.49. The lowest BCUT2D eigenvalue weighted by atomic mass is 10.0. The molecule has 0 N–H and O–H groups in total. The molecule has 0 spiro atoms. The fraction of sp³-hybridized carbons (Fsp3) is 0.458. The fourth-order valence-corrected chi connectivity index (χ4v) is 4.12.